The lowest BCUT2D eigenvalue weighted by atomic mass is 9.88. The zero-order chi connectivity index (χ0) is 13.2. The summed E-state index contributed by atoms with van der Waals surface area (Å²) in [6.07, 6.45) is 1.80. The van der Waals surface area contributed by atoms with Crippen molar-refractivity contribution >= 4 is 0 Å². The maximum atomic E-state index is 9.60. The van der Waals surface area contributed by atoms with Crippen molar-refractivity contribution in [2.45, 2.75) is 26.2 Å². The molecule has 94 valence electrons. The number of hydrogen-bond donors (Lipinski definition) is 1. The van der Waals surface area contributed by atoms with E-state index in [1.54, 1.807) is 30.5 Å². The second kappa shape index (κ2) is 4.69. The van der Waals surface area contributed by atoms with E-state index in [0.29, 0.717) is 11.6 Å². The van der Waals surface area contributed by atoms with Crippen LogP contribution in [0, 0.1) is 0 Å². The molecule has 3 heteroatoms. The third-order valence-electron chi connectivity index (χ3n) is 2.68. The number of nitrogens with zero attached hydrogens (tertiary/aromatic N) is 1. The highest BCUT2D eigenvalue weighted by molar-refractivity contribution is 5.40. The minimum absolute atomic E-state index is 0.0699. The zero-order valence-electron chi connectivity index (χ0n) is 10.8. The highest BCUT2D eigenvalue weighted by Gasteiger charge is 2.14. The molecule has 1 aromatic carbocycles. The first-order valence-corrected chi connectivity index (χ1v) is 5.89. The number of para-hydroxylation sites is 2. The van der Waals surface area contributed by atoms with Gasteiger partial charge in [0, 0.05) is 12.3 Å². The van der Waals surface area contributed by atoms with Gasteiger partial charge in [0.1, 0.15) is 0 Å². The van der Waals surface area contributed by atoms with Crippen LogP contribution in [-0.4, -0.2) is 10.1 Å². The molecule has 0 spiro atoms. The largest absolute Gasteiger partial charge is 0.504 e. The van der Waals surface area contributed by atoms with Crippen molar-refractivity contribution in [3.63, 3.8) is 0 Å². The van der Waals surface area contributed by atoms with Gasteiger partial charge in [-0.25, -0.2) is 4.98 Å². The number of benzene rings is 1. The van der Waals surface area contributed by atoms with Crippen LogP contribution in [-0.2, 0) is 5.41 Å². The number of aromatic nitrogens is 1. The van der Waals surface area contributed by atoms with Crippen LogP contribution in [0.3, 0.4) is 0 Å². The fourth-order valence-electron chi connectivity index (χ4n) is 1.54. The molecule has 0 aliphatic rings. The number of phenols is 1. The highest BCUT2D eigenvalue weighted by Crippen LogP contribution is 2.29. The molecule has 0 saturated carbocycles. The van der Waals surface area contributed by atoms with Gasteiger partial charge in [0.25, 0.3) is 0 Å². The van der Waals surface area contributed by atoms with Gasteiger partial charge in [-0.1, -0.05) is 39.0 Å². The molecule has 0 radical (unpaired) electrons. The molecule has 1 heterocycles. The summed E-state index contributed by atoms with van der Waals surface area (Å²) in [5.41, 5.74) is 1.22. The third-order valence-corrected chi connectivity index (χ3v) is 2.68. The second-order valence-electron chi connectivity index (χ2n) is 5.20. The Balaban J connectivity index is 2.19. The number of aromatic hydroxyl groups is 1. The maximum absolute atomic E-state index is 9.60. The molecule has 0 atom stereocenters. The fraction of sp³-hybridized carbons (Fsp3) is 0.267. The summed E-state index contributed by atoms with van der Waals surface area (Å²) in [5, 5.41) is 9.60. The molecule has 0 aliphatic carbocycles. The summed E-state index contributed by atoms with van der Waals surface area (Å²) in [6, 6.07) is 10.6. The summed E-state index contributed by atoms with van der Waals surface area (Å²) < 4.78 is 5.52. The van der Waals surface area contributed by atoms with E-state index < -0.39 is 0 Å². The van der Waals surface area contributed by atoms with Gasteiger partial charge >= 0.3 is 0 Å². The van der Waals surface area contributed by atoms with Crippen LogP contribution in [0.4, 0.5) is 0 Å². The fourth-order valence-corrected chi connectivity index (χ4v) is 1.54. The smallest absolute Gasteiger partial charge is 0.219 e. The molecule has 2 rings (SSSR count). The SMILES string of the molecule is CC(C)(C)c1ccc(Oc2ccccc2O)nc1. The van der Waals surface area contributed by atoms with Crippen LogP contribution in [0.15, 0.2) is 42.6 Å². The highest BCUT2D eigenvalue weighted by atomic mass is 16.5. The van der Waals surface area contributed by atoms with Crippen molar-refractivity contribution in [2.75, 3.05) is 0 Å². The lowest BCUT2D eigenvalue weighted by Crippen LogP contribution is -2.11. The van der Waals surface area contributed by atoms with Crippen molar-refractivity contribution in [2.24, 2.45) is 0 Å². The standard InChI is InChI=1S/C15H17NO2/c1-15(2,3)11-8-9-14(16-10-11)18-13-7-5-4-6-12(13)17/h4-10,17H,1-3H3. The molecule has 0 aliphatic heterocycles. The molecule has 0 saturated heterocycles. The lowest BCUT2D eigenvalue weighted by Gasteiger charge is -2.18. The molecular formula is C15H17NO2. The number of ether oxygens (including phenoxy) is 1. The normalized spacial score (nSPS) is 11.3. The summed E-state index contributed by atoms with van der Waals surface area (Å²) in [6.45, 7) is 6.40. The Morgan fingerprint density at radius 1 is 1.06 bits per heavy atom. The first-order valence-electron chi connectivity index (χ1n) is 5.89. The molecule has 0 bridgehead atoms. The summed E-state index contributed by atoms with van der Waals surface area (Å²) >= 11 is 0. The van der Waals surface area contributed by atoms with Gasteiger partial charge in [-0.15, -0.1) is 0 Å². The molecule has 0 amide bonds. The van der Waals surface area contributed by atoms with Crippen molar-refractivity contribution in [1.82, 2.24) is 4.98 Å². The maximum Gasteiger partial charge on any atom is 0.219 e. The van der Waals surface area contributed by atoms with E-state index in [9.17, 15) is 5.11 Å². The van der Waals surface area contributed by atoms with Crippen LogP contribution in [0.25, 0.3) is 0 Å². The van der Waals surface area contributed by atoms with Crippen LogP contribution < -0.4 is 4.74 Å². The molecule has 0 fully saturated rings. The predicted octanol–water partition coefficient (Wildman–Crippen LogP) is 3.88. The van der Waals surface area contributed by atoms with Gasteiger partial charge in [-0.2, -0.15) is 0 Å². The van der Waals surface area contributed by atoms with Gasteiger partial charge in [-0.05, 0) is 23.1 Å². The van der Waals surface area contributed by atoms with Crippen molar-refractivity contribution in [3.8, 4) is 17.4 Å². The quantitative estimate of drug-likeness (QED) is 0.870. The monoisotopic (exact) mass is 243 g/mol. The number of rotatable bonds is 2. The Hall–Kier alpha value is -2.03. The van der Waals surface area contributed by atoms with Gasteiger partial charge < -0.3 is 9.84 Å². The minimum atomic E-state index is 0.0699. The molecule has 3 nitrogen and oxygen atoms in total. The lowest BCUT2D eigenvalue weighted by molar-refractivity contribution is 0.402. The van der Waals surface area contributed by atoms with Crippen LogP contribution in [0.5, 0.6) is 17.4 Å². The zero-order valence-corrected chi connectivity index (χ0v) is 10.8. The second-order valence-corrected chi connectivity index (χ2v) is 5.20. The van der Waals surface area contributed by atoms with E-state index in [1.165, 1.54) is 0 Å². The van der Waals surface area contributed by atoms with E-state index in [0.717, 1.165) is 5.56 Å². The van der Waals surface area contributed by atoms with Crippen molar-refractivity contribution in [1.29, 1.82) is 0 Å². The Morgan fingerprint density at radius 2 is 1.78 bits per heavy atom. The molecule has 18 heavy (non-hydrogen) atoms. The van der Waals surface area contributed by atoms with Gasteiger partial charge in [0.2, 0.25) is 5.88 Å². The van der Waals surface area contributed by atoms with E-state index in [-0.39, 0.29) is 11.2 Å². The minimum Gasteiger partial charge on any atom is -0.504 e. The number of hydrogen-bond acceptors (Lipinski definition) is 3. The average molecular weight is 243 g/mol. The Bertz CT molecular complexity index is 527. The van der Waals surface area contributed by atoms with Crippen molar-refractivity contribution < 1.29 is 9.84 Å². The predicted molar refractivity (Wildman–Crippen MR) is 71.1 cm³/mol. The Labute approximate surface area is 107 Å². The Kier molecular flexibility index (Phi) is 3.24. The summed E-state index contributed by atoms with van der Waals surface area (Å²) in [4.78, 5) is 4.25. The molecule has 0 unspecified atom stereocenters. The van der Waals surface area contributed by atoms with E-state index >= 15 is 0 Å². The molecule has 1 aromatic heterocycles. The molecule has 2 aromatic rings. The number of pyridine rings is 1. The van der Waals surface area contributed by atoms with E-state index in [2.05, 4.69) is 25.8 Å². The summed E-state index contributed by atoms with van der Waals surface area (Å²) in [7, 11) is 0. The van der Waals surface area contributed by atoms with Crippen LogP contribution >= 0.6 is 0 Å². The van der Waals surface area contributed by atoms with E-state index in [1.807, 2.05) is 12.1 Å². The Morgan fingerprint density at radius 3 is 2.33 bits per heavy atom. The van der Waals surface area contributed by atoms with Crippen molar-refractivity contribution in [3.05, 3.63) is 48.2 Å². The summed E-state index contributed by atoms with van der Waals surface area (Å²) in [5.74, 6) is 0.997. The third kappa shape index (κ3) is 2.80. The van der Waals surface area contributed by atoms with Crippen LogP contribution in [0.1, 0.15) is 26.3 Å². The molecule has 1 N–H and O–H groups in total. The average Bonchev–Trinajstić information content (AvgIpc) is 2.32. The van der Waals surface area contributed by atoms with Gasteiger partial charge in [0.15, 0.2) is 11.5 Å². The van der Waals surface area contributed by atoms with Gasteiger partial charge in [-0.3, -0.25) is 0 Å². The van der Waals surface area contributed by atoms with E-state index in [4.69, 9.17) is 4.74 Å². The first kappa shape index (κ1) is 12.4. The first-order chi connectivity index (χ1) is 8.47. The molecular weight excluding hydrogens is 226 g/mol. The van der Waals surface area contributed by atoms with Gasteiger partial charge in [0.05, 0.1) is 0 Å². The number of phenolic OH excluding ortho intramolecular Hbond substituents is 1. The van der Waals surface area contributed by atoms with Crippen LogP contribution in [0.2, 0.25) is 0 Å². The topological polar surface area (TPSA) is 42.4 Å².